The fourth-order valence-electron chi connectivity index (χ4n) is 1.81. The first-order chi connectivity index (χ1) is 11.3. The van der Waals surface area contributed by atoms with Gasteiger partial charge >= 0.3 is 0 Å². The molecular formula is C16H17Cl2NO4S. The summed E-state index contributed by atoms with van der Waals surface area (Å²) in [5.41, 5.74) is 0.956. The van der Waals surface area contributed by atoms with Crippen LogP contribution in [0.25, 0.3) is 0 Å². The van der Waals surface area contributed by atoms with Gasteiger partial charge in [0.2, 0.25) is 0 Å². The minimum absolute atomic E-state index is 0.0666. The van der Waals surface area contributed by atoms with Crippen LogP contribution in [0.15, 0.2) is 47.4 Å². The Labute approximate surface area is 151 Å². The van der Waals surface area contributed by atoms with Gasteiger partial charge in [0, 0.05) is 18.1 Å². The van der Waals surface area contributed by atoms with E-state index in [1.54, 1.807) is 30.3 Å². The van der Waals surface area contributed by atoms with Gasteiger partial charge in [-0.15, -0.1) is 0 Å². The molecule has 0 spiro atoms. The van der Waals surface area contributed by atoms with Gasteiger partial charge in [-0.05, 0) is 37.3 Å². The Balaban J connectivity index is 0.000000177. The Morgan fingerprint density at radius 1 is 1.12 bits per heavy atom. The second-order valence-corrected chi connectivity index (χ2v) is 7.53. The molecule has 1 saturated heterocycles. The SMILES string of the molecule is Cc1ccc(S(=O)(=O)O)cc1.Clc1ccc(OC2CNC2)c(Cl)c1. The molecule has 2 aromatic rings. The van der Waals surface area contributed by atoms with Crippen molar-refractivity contribution in [2.45, 2.75) is 17.9 Å². The van der Waals surface area contributed by atoms with Gasteiger partial charge in [-0.2, -0.15) is 8.42 Å². The lowest BCUT2D eigenvalue weighted by atomic mass is 10.2. The lowest BCUT2D eigenvalue weighted by Crippen LogP contribution is -2.50. The van der Waals surface area contributed by atoms with Crippen LogP contribution in [0.4, 0.5) is 0 Å². The topological polar surface area (TPSA) is 75.6 Å². The Morgan fingerprint density at radius 2 is 1.75 bits per heavy atom. The van der Waals surface area contributed by atoms with Crippen LogP contribution in [0.1, 0.15) is 5.56 Å². The van der Waals surface area contributed by atoms with Crippen molar-refractivity contribution >= 4 is 33.3 Å². The minimum Gasteiger partial charge on any atom is -0.486 e. The molecule has 2 aromatic carbocycles. The van der Waals surface area contributed by atoms with Gasteiger partial charge in [0.15, 0.2) is 0 Å². The molecule has 1 aliphatic rings. The Hall–Kier alpha value is -1.31. The van der Waals surface area contributed by atoms with Crippen molar-refractivity contribution < 1.29 is 17.7 Å². The van der Waals surface area contributed by atoms with E-state index in [4.69, 9.17) is 32.5 Å². The van der Waals surface area contributed by atoms with Crippen molar-refractivity contribution in [2.24, 2.45) is 0 Å². The Kier molecular flexibility index (Phi) is 6.48. The molecule has 0 amide bonds. The summed E-state index contributed by atoms with van der Waals surface area (Å²) in [6.07, 6.45) is 0.249. The summed E-state index contributed by atoms with van der Waals surface area (Å²) in [7, 11) is -4.02. The molecule has 5 nitrogen and oxygen atoms in total. The molecule has 0 unspecified atom stereocenters. The predicted octanol–water partition coefficient (Wildman–Crippen LogP) is 3.59. The normalized spacial score (nSPS) is 14.3. The lowest BCUT2D eigenvalue weighted by molar-refractivity contribution is 0.142. The summed E-state index contributed by atoms with van der Waals surface area (Å²) in [4.78, 5) is -0.0666. The van der Waals surface area contributed by atoms with Crippen molar-refractivity contribution in [1.29, 1.82) is 0 Å². The van der Waals surface area contributed by atoms with Gasteiger partial charge in [-0.3, -0.25) is 4.55 Å². The summed E-state index contributed by atoms with van der Waals surface area (Å²) in [5.74, 6) is 0.706. The highest BCUT2D eigenvalue weighted by molar-refractivity contribution is 7.85. The predicted molar refractivity (Wildman–Crippen MR) is 94.7 cm³/mol. The zero-order chi connectivity index (χ0) is 17.7. The highest BCUT2D eigenvalue weighted by Crippen LogP contribution is 2.28. The van der Waals surface area contributed by atoms with E-state index in [0.717, 1.165) is 18.7 Å². The van der Waals surface area contributed by atoms with Crippen molar-refractivity contribution in [2.75, 3.05) is 13.1 Å². The molecule has 0 saturated carbocycles. The molecule has 0 aliphatic carbocycles. The third-order valence-corrected chi connectivity index (χ3v) is 4.65. The zero-order valence-corrected chi connectivity index (χ0v) is 15.2. The highest BCUT2D eigenvalue weighted by atomic mass is 35.5. The highest BCUT2D eigenvalue weighted by Gasteiger charge is 2.19. The van der Waals surface area contributed by atoms with Crippen LogP contribution in [0.5, 0.6) is 5.75 Å². The van der Waals surface area contributed by atoms with Crippen LogP contribution in [-0.4, -0.2) is 32.2 Å². The van der Waals surface area contributed by atoms with E-state index in [-0.39, 0.29) is 11.0 Å². The number of benzene rings is 2. The van der Waals surface area contributed by atoms with Crippen LogP contribution in [0, 0.1) is 6.92 Å². The second-order valence-electron chi connectivity index (χ2n) is 5.26. The molecule has 0 radical (unpaired) electrons. The summed E-state index contributed by atoms with van der Waals surface area (Å²) in [6.45, 7) is 3.62. The monoisotopic (exact) mass is 389 g/mol. The third-order valence-electron chi connectivity index (χ3n) is 3.25. The number of hydrogen-bond donors (Lipinski definition) is 2. The molecule has 0 atom stereocenters. The van der Waals surface area contributed by atoms with E-state index in [9.17, 15) is 8.42 Å². The van der Waals surface area contributed by atoms with E-state index >= 15 is 0 Å². The van der Waals surface area contributed by atoms with Gasteiger partial charge in [-0.25, -0.2) is 0 Å². The third kappa shape index (κ3) is 5.65. The molecule has 2 N–H and O–H groups in total. The van der Waals surface area contributed by atoms with Crippen molar-refractivity contribution in [1.82, 2.24) is 5.32 Å². The number of nitrogens with one attached hydrogen (secondary N) is 1. The van der Waals surface area contributed by atoms with Gasteiger partial charge in [-0.1, -0.05) is 40.9 Å². The van der Waals surface area contributed by atoms with Crippen LogP contribution in [0.2, 0.25) is 10.0 Å². The number of ether oxygens (including phenoxy) is 1. The maximum Gasteiger partial charge on any atom is 0.294 e. The van der Waals surface area contributed by atoms with Gasteiger partial charge in [0.1, 0.15) is 11.9 Å². The average molecular weight is 390 g/mol. The van der Waals surface area contributed by atoms with Crippen molar-refractivity contribution in [3.05, 3.63) is 58.1 Å². The van der Waals surface area contributed by atoms with Crippen molar-refractivity contribution in [3.8, 4) is 5.75 Å². The fraction of sp³-hybridized carbons (Fsp3) is 0.250. The molecule has 130 valence electrons. The molecular weight excluding hydrogens is 373 g/mol. The van der Waals surface area contributed by atoms with E-state index in [1.807, 2.05) is 6.92 Å². The maximum atomic E-state index is 10.5. The molecule has 8 heteroatoms. The molecule has 24 heavy (non-hydrogen) atoms. The van der Waals surface area contributed by atoms with E-state index in [1.165, 1.54) is 12.1 Å². The Morgan fingerprint density at radius 3 is 2.21 bits per heavy atom. The zero-order valence-electron chi connectivity index (χ0n) is 12.9. The van der Waals surface area contributed by atoms with Crippen LogP contribution < -0.4 is 10.1 Å². The van der Waals surface area contributed by atoms with E-state index < -0.39 is 10.1 Å². The minimum atomic E-state index is -4.02. The number of halogens is 2. The summed E-state index contributed by atoms with van der Waals surface area (Å²) in [6, 6.07) is 11.2. The lowest BCUT2D eigenvalue weighted by Gasteiger charge is -2.28. The van der Waals surface area contributed by atoms with E-state index in [0.29, 0.717) is 15.8 Å². The molecule has 1 fully saturated rings. The number of aryl methyl sites for hydroxylation is 1. The van der Waals surface area contributed by atoms with Crippen LogP contribution in [0.3, 0.4) is 0 Å². The van der Waals surface area contributed by atoms with Gasteiger partial charge < -0.3 is 10.1 Å². The largest absolute Gasteiger partial charge is 0.486 e. The summed E-state index contributed by atoms with van der Waals surface area (Å²) in [5, 5.41) is 4.32. The van der Waals surface area contributed by atoms with E-state index in [2.05, 4.69) is 5.32 Å². The van der Waals surface area contributed by atoms with Crippen LogP contribution >= 0.6 is 23.2 Å². The smallest absolute Gasteiger partial charge is 0.294 e. The standard InChI is InChI=1S/C9H9Cl2NO.C7H8O3S/c10-6-1-2-9(8(11)3-6)13-7-4-12-5-7;1-6-2-4-7(5-3-6)11(8,9)10/h1-3,7,12H,4-5H2;2-5H,1H3,(H,8,9,10). The second kappa shape index (κ2) is 8.18. The summed E-state index contributed by atoms with van der Waals surface area (Å²) < 4.78 is 35.1. The average Bonchev–Trinajstić information content (AvgIpc) is 2.45. The number of hydrogen-bond acceptors (Lipinski definition) is 4. The molecule has 3 rings (SSSR count). The molecule has 1 aliphatic heterocycles. The molecule has 0 aromatic heterocycles. The fourth-order valence-corrected chi connectivity index (χ4v) is 2.74. The van der Waals surface area contributed by atoms with Gasteiger partial charge in [0.05, 0.1) is 9.92 Å². The first-order valence-electron chi connectivity index (χ1n) is 7.12. The quantitative estimate of drug-likeness (QED) is 0.784. The number of rotatable bonds is 3. The Bertz CT molecular complexity index is 790. The maximum absolute atomic E-state index is 10.5. The molecule has 0 bridgehead atoms. The van der Waals surface area contributed by atoms with Crippen LogP contribution in [-0.2, 0) is 10.1 Å². The van der Waals surface area contributed by atoms with Gasteiger partial charge in [0.25, 0.3) is 10.1 Å². The molecule has 1 heterocycles. The summed E-state index contributed by atoms with van der Waals surface area (Å²) >= 11 is 11.7. The van der Waals surface area contributed by atoms with Crippen molar-refractivity contribution in [3.63, 3.8) is 0 Å². The first-order valence-corrected chi connectivity index (χ1v) is 9.32. The first kappa shape index (κ1) is 19.0.